The molecule has 1 saturated carbocycles. The van der Waals surface area contributed by atoms with Crippen molar-refractivity contribution in [1.29, 1.82) is 0 Å². The molecule has 0 unspecified atom stereocenters. The fourth-order valence-corrected chi connectivity index (χ4v) is 5.39. The Labute approximate surface area is 145 Å². The minimum absolute atomic E-state index is 0.0526. The van der Waals surface area contributed by atoms with Gasteiger partial charge in [-0.3, -0.25) is 0 Å². The Morgan fingerprint density at radius 3 is 2.83 bits per heavy atom. The number of carbonyl (C=O) groups excluding carboxylic acids is 1. The second kappa shape index (κ2) is 6.42. The predicted molar refractivity (Wildman–Crippen MR) is 94.5 cm³/mol. The number of rotatable bonds is 4. The number of ether oxygens (including phenoxy) is 1. The van der Waals surface area contributed by atoms with Gasteiger partial charge in [-0.15, -0.1) is 0 Å². The summed E-state index contributed by atoms with van der Waals surface area (Å²) in [5, 5.41) is 0. The van der Waals surface area contributed by atoms with Gasteiger partial charge < -0.3 is 9.15 Å². The van der Waals surface area contributed by atoms with Gasteiger partial charge in [0.25, 0.3) is 0 Å². The van der Waals surface area contributed by atoms with Crippen LogP contribution in [0, 0.1) is 22.7 Å². The third kappa shape index (κ3) is 2.72. The molecule has 1 fully saturated rings. The first kappa shape index (κ1) is 17.3. The van der Waals surface area contributed by atoms with Gasteiger partial charge in [-0.25, -0.2) is 4.79 Å². The summed E-state index contributed by atoms with van der Waals surface area (Å²) in [7, 11) is 1.50. The van der Waals surface area contributed by atoms with E-state index in [0.29, 0.717) is 11.8 Å². The highest BCUT2D eigenvalue weighted by Gasteiger charge is 2.55. The zero-order valence-corrected chi connectivity index (χ0v) is 15.4. The van der Waals surface area contributed by atoms with Gasteiger partial charge in [0, 0.05) is 11.0 Å². The normalized spacial score (nSPS) is 35.9. The summed E-state index contributed by atoms with van der Waals surface area (Å²) in [6.07, 6.45) is 12.3. The number of hydrogen-bond acceptors (Lipinski definition) is 3. The first-order valence-electron chi connectivity index (χ1n) is 9.22. The van der Waals surface area contributed by atoms with Crippen molar-refractivity contribution in [1.82, 2.24) is 0 Å². The Hall–Kier alpha value is -1.51. The van der Waals surface area contributed by atoms with Crippen LogP contribution in [0.25, 0.3) is 0 Å². The van der Waals surface area contributed by atoms with E-state index in [1.165, 1.54) is 25.5 Å². The standard InChI is InChI=1S/C21H30O3/c1-15-8-11-21(3)17(19(22)23-4)6-5-7-18(21)20(15,2)12-9-16-10-13-24-14-16/h6,10,13-15,18H,5,7-9,11-12H2,1-4H3/t15-,18-,20+,21+/m0/s1. The summed E-state index contributed by atoms with van der Waals surface area (Å²) < 4.78 is 10.3. The van der Waals surface area contributed by atoms with Gasteiger partial charge in [0.2, 0.25) is 0 Å². The van der Waals surface area contributed by atoms with Crippen molar-refractivity contribution in [3.8, 4) is 0 Å². The lowest BCUT2D eigenvalue weighted by atomic mass is 9.46. The van der Waals surface area contributed by atoms with Gasteiger partial charge in [0.15, 0.2) is 0 Å². The van der Waals surface area contributed by atoms with Crippen LogP contribution >= 0.6 is 0 Å². The summed E-state index contributed by atoms with van der Waals surface area (Å²) in [5.41, 5.74) is 2.37. The number of furan rings is 1. The Morgan fingerprint density at radius 1 is 1.38 bits per heavy atom. The number of hydrogen-bond donors (Lipinski definition) is 0. The maximum Gasteiger partial charge on any atom is 0.333 e. The molecule has 1 aromatic rings. The molecule has 0 bridgehead atoms. The van der Waals surface area contributed by atoms with E-state index in [4.69, 9.17) is 9.15 Å². The van der Waals surface area contributed by atoms with E-state index in [9.17, 15) is 4.79 Å². The lowest BCUT2D eigenvalue weighted by Gasteiger charge is -2.57. The molecule has 132 valence electrons. The van der Waals surface area contributed by atoms with Crippen molar-refractivity contribution < 1.29 is 13.9 Å². The van der Waals surface area contributed by atoms with Crippen molar-refractivity contribution in [3.05, 3.63) is 35.8 Å². The molecule has 2 aliphatic rings. The van der Waals surface area contributed by atoms with Crippen molar-refractivity contribution in [2.24, 2.45) is 22.7 Å². The fourth-order valence-electron chi connectivity index (χ4n) is 5.39. The van der Waals surface area contributed by atoms with Gasteiger partial charge in [0.1, 0.15) is 0 Å². The maximum absolute atomic E-state index is 12.4. The van der Waals surface area contributed by atoms with E-state index in [0.717, 1.165) is 31.3 Å². The lowest BCUT2D eigenvalue weighted by Crippen LogP contribution is -2.51. The van der Waals surface area contributed by atoms with E-state index >= 15 is 0 Å². The monoisotopic (exact) mass is 330 g/mol. The highest BCUT2D eigenvalue weighted by atomic mass is 16.5. The quantitative estimate of drug-likeness (QED) is 0.715. The molecule has 3 heteroatoms. The SMILES string of the molecule is COC(=O)C1=CCC[C@H]2[C@](C)(CCc3ccoc3)[C@@H](C)CC[C@]12C. The van der Waals surface area contributed by atoms with Crippen molar-refractivity contribution in [3.63, 3.8) is 0 Å². The highest BCUT2D eigenvalue weighted by Crippen LogP contribution is 2.61. The van der Waals surface area contributed by atoms with Crippen LogP contribution in [0.4, 0.5) is 0 Å². The van der Waals surface area contributed by atoms with Crippen LogP contribution in [0.2, 0.25) is 0 Å². The number of carbonyl (C=O) groups is 1. The van der Waals surface area contributed by atoms with Gasteiger partial charge in [-0.1, -0.05) is 26.8 Å². The van der Waals surface area contributed by atoms with Crippen LogP contribution in [-0.4, -0.2) is 13.1 Å². The first-order chi connectivity index (χ1) is 11.4. The van der Waals surface area contributed by atoms with Crippen LogP contribution in [0.3, 0.4) is 0 Å². The molecule has 3 rings (SSSR count). The number of allylic oxidation sites excluding steroid dienone is 1. The Morgan fingerprint density at radius 2 is 2.17 bits per heavy atom. The van der Waals surface area contributed by atoms with Crippen LogP contribution in [-0.2, 0) is 16.0 Å². The molecule has 0 radical (unpaired) electrons. The fraction of sp³-hybridized carbons (Fsp3) is 0.667. The minimum Gasteiger partial charge on any atom is -0.472 e. The third-order valence-electron chi connectivity index (χ3n) is 7.14. The summed E-state index contributed by atoms with van der Waals surface area (Å²) in [4.78, 5) is 12.4. The molecule has 0 amide bonds. The van der Waals surface area contributed by atoms with Gasteiger partial charge in [0.05, 0.1) is 19.6 Å². The minimum atomic E-state index is -0.131. The van der Waals surface area contributed by atoms with E-state index < -0.39 is 0 Å². The Bertz CT molecular complexity index is 615. The lowest BCUT2D eigenvalue weighted by molar-refractivity contribution is -0.140. The molecular formula is C21H30O3. The second-order valence-corrected chi connectivity index (χ2v) is 8.23. The van der Waals surface area contributed by atoms with Crippen LogP contribution in [0.5, 0.6) is 0 Å². The van der Waals surface area contributed by atoms with Gasteiger partial charge >= 0.3 is 5.97 Å². The van der Waals surface area contributed by atoms with Crippen LogP contribution < -0.4 is 0 Å². The molecule has 4 atom stereocenters. The van der Waals surface area contributed by atoms with Gasteiger partial charge in [-0.2, -0.15) is 0 Å². The second-order valence-electron chi connectivity index (χ2n) is 8.23. The topological polar surface area (TPSA) is 39.4 Å². The molecule has 0 saturated heterocycles. The zero-order chi connectivity index (χ0) is 17.4. The summed E-state index contributed by atoms with van der Waals surface area (Å²) in [6, 6.07) is 2.07. The molecule has 0 spiro atoms. The van der Waals surface area contributed by atoms with Crippen molar-refractivity contribution in [2.45, 2.75) is 59.3 Å². The molecule has 0 aromatic carbocycles. The first-order valence-corrected chi connectivity index (χ1v) is 9.22. The number of fused-ring (bicyclic) bond motifs is 1. The average Bonchev–Trinajstić information content (AvgIpc) is 3.09. The number of esters is 1. The van der Waals surface area contributed by atoms with E-state index in [-0.39, 0.29) is 16.8 Å². The predicted octanol–water partition coefficient (Wildman–Crippen LogP) is 5.16. The molecule has 3 nitrogen and oxygen atoms in total. The molecule has 0 aliphatic heterocycles. The largest absolute Gasteiger partial charge is 0.472 e. The molecule has 0 N–H and O–H groups in total. The molecule has 2 aliphatic carbocycles. The molecule has 24 heavy (non-hydrogen) atoms. The average molecular weight is 330 g/mol. The highest BCUT2D eigenvalue weighted by molar-refractivity contribution is 5.90. The van der Waals surface area contributed by atoms with E-state index in [1.807, 2.05) is 6.26 Å². The third-order valence-corrected chi connectivity index (χ3v) is 7.14. The van der Waals surface area contributed by atoms with E-state index in [2.05, 4.69) is 32.9 Å². The van der Waals surface area contributed by atoms with Crippen molar-refractivity contribution >= 4 is 5.97 Å². The smallest absolute Gasteiger partial charge is 0.333 e. The van der Waals surface area contributed by atoms with E-state index in [1.54, 1.807) is 6.26 Å². The maximum atomic E-state index is 12.4. The summed E-state index contributed by atoms with van der Waals surface area (Å²) in [5.74, 6) is 1.06. The zero-order valence-electron chi connectivity index (χ0n) is 15.4. The van der Waals surface area contributed by atoms with Crippen LogP contribution in [0.15, 0.2) is 34.7 Å². The number of aryl methyl sites for hydroxylation is 1. The summed E-state index contributed by atoms with van der Waals surface area (Å²) >= 11 is 0. The summed E-state index contributed by atoms with van der Waals surface area (Å²) in [6.45, 7) is 7.13. The number of methoxy groups -OCH3 is 1. The Kier molecular flexibility index (Phi) is 4.63. The Balaban J connectivity index is 1.89. The van der Waals surface area contributed by atoms with Crippen molar-refractivity contribution in [2.75, 3.05) is 7.11 Å². The van der Waals surface area contributed by atoms with Crippen LogP contribution in [0.1, 0.15) is 58.4 Å². The molecular weight excluding hydrogens is 300 g/mol. The molecule has 1 aromatic heterocycles. The van der Waals surface area contributed by atoms with Gasteiger partial charge in [-0.05, 0) is 67.4 Å². The molecule has 1 heterocycles.